The lowest BCUT2D eigenvalue weighted by atomic mass is 10.1. The fourth-order valence-corrected chi connectivity index (χ4v) is 5.02. The third-order valence-corrected chi connectivity index (χ3v) is 6.26. The van der Waals surface area contributed by atoms with Crippen LogP contribution in [0.1, 0.15) is 4.11 Å². The van der Waals surface area contributed by atoms with Crippen molar-refractivity contribution >= 4 is 55.2 Å². The molecule has 3 heterocycles. The first-order valence-corrected chi connectivity index (χ1v) is 9.83. The molecule has 1 aliphatic heterocycles. The minimum Gasteiger partial charge on any atom is -0.355 e. The van der Waals surface area contributed by atoms with Gasteiger partial charge in [-0.3, -0.25) is 0 Å². The largest absolute Gasteiger partial charge is 0.355 e. The minimum atomic E-state index is -2.19. The van der Waals surface area contributed by atoms with Gasteiger partial charge in [-0.25, -0.2) is 0 Å². The van der Waals surface area contributed by atoms with Crippen LogP contribution in [0.25, 0.3) is 38.1 Å². The zero-order valence-corrected chi connectivity index (χ0v) is 15.6. The molecule has 0 N–H and O–H groups in total. The Morgan fingerprint density at radius 1 is 0.690 bits per heavy atom. The van der Waals surface area contributed by atoms with Crippen molar-refractivity contribution in [2.45, 2.75) is 0 Å². The number of hydrogen-bond acceptors (Lipinski definition) is 2. The fourth-order valence-electron chi connectivity index (χ4n) is 5.02. The Hall–Kier alpha value is -3.72. The standard InChI is InChI=1S/C26H19N3/c1-27-16-28(25-12-5-4-11-24(25)27)17-13-14-23-21(15-17)20-9-6-8-19-18-7-2-3-10-22(18)29(23)26(19)20/h2-15H,16H2,1H3/i1D3. The maximum atomic E-state index is 7.98. The van der Waals surface area contributed by atoms with Crippen molar-refractivity contribution in [3.05, 3.63) is 84.9 Å². The zero-order valence-electron chi connectivity index (χ0n) is 18.6. The van der Waals surface area contributed by atoms with Gasteiger partial charge in [0.2, 0.25) is 0 Å². The van der Waals surface area contributed by atoms with E-state index in [9.17, 15) is 0 Å². The molecule has 4 aromatic carbocycles. The molecule has 138 valence electrons. The van der Waals surface area contributed by atoms with Crippen LogP contribution in [0.4, 0.5) is 17.1 Å². The molecule has 1 aliphatic rings. The number of rotatable bonds is 1. The lowest BCUT2D eigenvalue weighted by Crippen LogP contribution is -2.23. The molecule has 0 fully saturated rings. The summed E-state index contributed by atoms with van der Waals surface area (Å²) in [7, 11) is 0. The Labute approximate surface area is 172 Å². The molecule has 3 nitrogen and oxygen atoms in total. The predicted octanol–water partition coefficient (Wildman–Crippen LogP) is 6.38. The van der Waals surface area contributed by atoms with E-state index in [1.54, 1.807) is 0 Å². The molecule has 0 saturated heterocycles. The molecular formula is C26H19N3. The minimum absolute atomic E-state index is 0.300. The van der Waals surface area contributed by atoms with Crippen LogP contribution in [0, 0.1) is 0 Å². The highest BCUT2D eigenvalue weighted by Crippen LogP contribution is 2.43. The highest BCUT2D eigenvalue weighted by molar-refractivity contribution is 6.23. The van der Waals surface area contributed by atoms with Gasteiger partial charge in [0.25, 0.3) is 0 Å². The summed E-state index contributed by atoms with van der Waals surface area (Å²) >= 11 is 0. The van der Waals surface area contributed by atoms with Gasteiger partial charge in [-0.15, -0.1) is 0 Å². The highest BCUT2D eigenvalue weighted by atomic mass is 15.4. The van der Waals surface area contributed by atoms with Crippen molar-refractivity contribution in [3.63, 3.8) is 0 Å². The molecule has 0 saturated carbocycles. The van der Waals surface area contributed by atoms with Gasteiger partial charge < -0.3 is 14.2 Å². The zero-order chi connectivity index (χ0) is 21.6. The van der Waals surface area contributed by atoms with Gasteiger partial charge in [-0.2, -0.15) is 0 Å². The number of fused-ring (bicyclic) bond motifs is 7. The van der Waals surface area contributed by atoms with Crippen LogP contribution in [0.3, 0.4) is 0 Å². The molecule has 0 amide bonds. The number of nitrogens with zero attached hydrogens (tertiary/aromatic N) is 3. The van der Waals surface area contributed by atoms with Crippen LogP contribution < -0.4 is 9.80 Å². The fraction of sp³-hybridized carbons (Fsp3) is 0.0769. The summed E-state index contributed by atoms with van der Waals surface area (Å²) in [6.07, 6.45) is 0. The maximum Gasteiger partial charge on any atom is 0.0950 e. The van der Waals surface area contributed by atoms with E-state index in [1.165, 1.54) is 43.0 Å². The predicted molar refractivity (Wildman–Crippen MR) is 123 cm³/mol. The molecule has 2 aromatic heterocycles. The van der Waals surface area contributed by atoms with E-state index in [0.29, 0.717) is 6.67 Å². The molecule has 0 unspecified atom stereocenters. The van der Waals surface area contributed by atoms with Gasteiger partial charge in [-0.05, 0) is 36.4 Å². The molecule has 6 aromatic rings. The molecule has 0 radical (unpaired) electrons. The molecular weight excluding hydrogens is 354 g/mol. The second-order valence-electron chi connectivity index (χ2n) is 7.74. The van der Waals surface area contributed by atoms with Crippen molar-refractivity contribution in [1.82, 2.24) is 4.40 Å². The smallest absolute Gasteiger partial charge is 0.0950 e. The second-order valence-corrected chi connectivity index (χ2v) is 7.74. The summed E-state index contributed by atoms with van der Waals surface area (Å²) in [5, 5.41) is 4.92. The van der Waals surface area contributed by atoms with Crippen LogP contribution in [-0.4, -0.2) is 18.0 Å². The number of para-hydroxylation sites is 4. The van der Waals surface area contributed by atoms with E-state index in [-0.39, 0.29) is 0 Å². The highest BCUT2D eigenvalue weighted by Gasteiger charge is 2.25. The lowest BCUT2D eigenvalue weighted by molar-refractivity contribution is 0.950. The summed E-state index contributed by atoms with van der Waals surface area (Å²) in [6, 6.07) is 29.2. The number of aromatic nitrogens is 1. The van der Waals surface area contributed by atoms with Crippen LogP contribution in [0.5, 0.6) is 0 Å². The summed E-state index contributed by atoms with van der Waals surface area (Å²) in [4.78, 5) is 3.58. The first-order chi connectivity index (χ1) is 15.5. The number of benzene rings is 4. The van der Waals surface area contributed by atoms with Gasteiger partial charge in [0, 0.05) is 38.3 Å². The Kier molecular flexibility index (Phi) is 2.28. The molecule has 0 bridgehead atoms. The van der Waals surface area contributed by atoms with E-state index in [0.717, 1.165) is 17.1 Å². The average Bonchev–Trinajstić information content (AvgIpc) is 3.45. The van der Waals surface area contributed by atoms with E-state index < -0.39 is 6.98 Å². The normalized spacial score (nSPS) is 16.1. The number of hydrogen-bond donors (Lipinski definition) is 0. The van der Waals surface area contributed by atoms with E-state index in [4.69, 9.17) is 4.11 Å². The first kappa shape index (κ1) is 12.7. The summed E-state index contributed by atoms with van der Waals surface area (Å²) in [5.41, 5.74) is 6.28. The summed E-state index contributed by atoms with van der Waals surface area (Å²) in [5.74, 6) is 0. The first-order valence-electron chi connectivity index (χ1n) is 11.3. The van der Waals surface area contributed by atoms with E-state index >= 15 is 0 Å². The van der Waals surface area contributed by atoms with Crippen molar-refractivity contribution in [1.29, 1.82) is 0 Å². The van der Waals surface area contributed by atoms with Crippen LogP contribution in [-0.2, 0) is 0 Å². The van der Waals surface area contributed by atoms with Crippen LogP contribution in [0.15, 0.2) is 84.9 Å². The van der Waals surface area contributed by atoms with Gasteiger partial charge in [-0.1, -0.05) is 48.5 Å². The van der Waals surface area contributed by atoms with Crippen LogP contribution in [0.2, 0.25) is 0 Å². The Morgan fingerprint density at radius 3 is 2.31 bits per heavy atom. The van der Waals surface area contributed by atoms with Gasteiger partial charge in [0.1, 0.15) is 0 Å². The van der Waals surface area contributed by atoms with Crippen molar-refractivity contribution < 1.29 is 4.11 Å². The van der Waals surface area contributed by atoms with Crippen LogP contribution >= 0.6 is 0 Å². The van der Waals surface area contributed by atoms with E-state index in [1.807, 2.05) is 24.3 Å². The SMILES string of the molecule is [2H]C([2H])([2H])N1CN(c2ccc3c(c2)c2cccc4c5ccccc5n3c42)c2ccccc21. The number of anilines is 3. The van der Waals surface area contributed by atoms with Gasteiger partial charge >= 0.3 is 0 Å². The van der Waals surface area contributed by atoms with Crippen molar-refractivity contribution in [3.8, 4) is 0 Å². The van der Waals surface area contributed by atoms with E-state index in [2.05, 4.69) is 70.0 Å². The summed E-state index contributed by atoms with van der Waals surface area (Å²) < 4.78 is 26.3. The second kappa shape index (κ2) is 5.21. The molecule has 0 spiro atoms. The third-order valence-electron chi connectivity index (χ3n) is 6.26. The monoisotopic (exact) mass is 376 g/mol. The molecule has 29 heavy (non-hydrogen) atoms. The molecule has 0 atom stereocenters. The molecule has 7 rings (SSSR count). The topological polar surface area (TPSA) is 10.9 Å². The molecule has 3 heteroatoms. The van der Waals surface area contributed by atoms with Gasteiger partial charge in [0.15, 0.2) is 0 Å². The Bertz CT molecular complexity index is 1660. The van der Waals surface area contributed by atoms with Crippen molar-refractivity contribution in [2.75, 3.05) is 23.4 Å². The Morgan fingerprint density at radius 2 is 1.41 bits per heavy atom. The van der Waals surface area contributed by atoms with Gasteiger partial charge in [0.05, 0.1) is 34.6 Å². The maximum absolute atomic E-state index is 7.98. The lowest BCUT2D eigenvalue weighted by Gasteiger charge is -2.19. The molecule has 0 aliphatic carbocycles. The Balaban J connectivity index is 1.49. The van der Waals surface area contributed by atoms with Crippen molar-refractivity contribution in [2.24, 2.45) is 0 Å². The average molecular weight is 376 g/mol. The third kappa shape index (κ3) is 1.82. The quantitative estimate of drug-likeness (QED) is 0.330. The summed E-state index contributed by atoms with van der Waals surface area (Å²) in [6.45, 7) is -1.89.